The number of Topliss-reactive ketones (excluding diaryl/α,β-unsaturated/α-hetero) is 1. The van der Waals surface area contributed by atoms with Gasteiger partial charge in [0, 0.05) is 42.0 Å². The molecular weight excluding hydrogens is 454 g/mol. The number of anilines is 1. The Bertz CT molecular complexity index is 1210. The van der Waals surface area contributed by atoms with E-state index in [4.69, 9.17) is 10.5 Å². The zero-order valence-corrected chi connectivity index (χ0v) is 19.0. The number of aromatic nitrogens is 2. The van der Waals surface area contributed by atoms with Gasteiger partial charge in [0.1, 0.15) is 29.4 Å². The number of hydrogen-bond donors (Lipinski definition) is 2. The molecule has 0 spiro atoms. The molecule has 3 aromatic rings. The smallest absolute Gasteiger partial charge is 0.271 e. The number of nitrogens with zero attached hydrogens (tertiary/aromatic N) is 3. The van der Waals surface area contributed by atoms with Crippen molar-refractivity contribution in [2.24, 2.45) is 0 Å². The minimum absolute atomic E-state index is 0.0179. The van der Waals surface area contributed by atoms with Crippen molar-refractivity contribution in [1.82, 2.24) is 20.2 Å². The quantitative estimate of drug-likeness (QED) is 0.517. The van der Waals surface area contributed by atoms with Crippen molar-refractivity contribution in [2.45, 2.75) is 31.0 Å². The fourth-order valence-corrected chi connectivity index (χ4v) is 5.15. The van der Waals surface area contributed by atoms with Crippen molar-refractivity contribution in [1.29, 1.82) is 0 Å². The number of amides is 2. The Kier molecular flexibility index (Phi) is 6.08. The number of nitrogens with one attached hydrogen (secondary N) is 1. The number of nitrogen functional groups attached to an aromatic ring is 1. The minimum atomic E-state index is -0.869. The number of hydrogen-bond acceptors (Lipinski definition) is 8. The molecule has 2 saturated heterocycles. The van der Waals surface area contributed by atoms with Crippen LogP contribution < -0.4 is 11.1 Å². The summed E-state index contributed by atoms with van der Waals surface area (Å²) in [6.45, 7) is 0.430. The highest BCUT2D eigenvalue weighted by Crippen LogP contribution is 2.28. The predicted molar refractivity (Wildman–Crippen MR) is 126 cm³/mol. The third-order valence-electron chi connectivity index (χ3n) is 6.06. The number of pyridine rings is 1. The lowest BCUT2D eigenvalue weighted by Gasteiger charge is -2.27. The number of carbonyl (C=O) groups excluding carboxylic acids is 3. The number of benzene rings is 1. The molecule has 10 heteroatoms. The number of rotatable bonds is 6. The largest absolute Gasteiger partial charge is 0.399 e. The van der Waals surface area contributed by atoms with E-state index in [0.717, 1.165) is 11.1 Å². The van der Waals surface area contributed by atoms with Crippen molar-refractivity contribution in [2.75, 3.05) is 18.9 Å². The Balaban J connectivity index is 1.37. The molecule has 2 amide bonds. The van der Waals surface area contributed by atoms with E-state index in [1.165, 1.54) is 11.3 Å². The standard InChI is InChI=1S/C24H23N5O4S/c25-16-5-3-14(4-6-16)10-17(24(32)29-9-7-20-21(29)19(30)12-33-20)27-22(31)18-13-34-23(28-18)15-2-1-8-26-11-15/h1-6,8,11,13,17,20-21H,7,9-10,12,25H2,(H,27,31). The van der Waals surface area contributed by atoms with Gasteiger partial charge in [0.05, 0.1) is 6.10 Å². The predicted octanol–water partition coefficient (Wildman–Crippen LogP) is 1.70. The van der Waals surface area contributed by atoms with Crippen LogP contribution in [0.25, 0.3) is 10.6 Å². The third kappa shape index (κ3) is 4.42. The Labute approximate surface area is 200 Å². The summed E-state index contributed by atoms with van der Waals surface area (Å²) in [7, 11) is 0. The molecule has 2 aliphatic rings. The summed E-state index contributed by atoms with van der Waals surface area (Å²) < 4.78 is 5.52. The molecular formula is C24H23N5O4S. The molecule has 3 atom stereocenters. The fourth-order valence-electron chi connectivity index (χ4n) is 4.36. The summed E-state index contributed by atoms with van der Waals surface area (Å²) in [5, 5.41) is 5.17. The van der Waals surface area contributed by atoms with Crippen molar-refractivity contribution in [3.8, 4) is 10.6 Å². The van der Waals surface area contributed by atoms with Gasteiger partial charge in [-0.2, -0.15) is 0 Å². The number of fused-ring (bicyclic) bond motifs is 1. The van der Waals surface area contributed by atoms with Crippen LogP contribution >= 0.6 is 11.3 Å². The van der Waals surface area contributed by atoms with Gasteiger partial charge in [0.25, 0.3) is 5.91 Å². The molecule has 2 fully saturated rings. The van der Waals surface area contributed by atoms with Crippen molar-refractivity contribution in [3.05, 3.63) is 65.4 Å². The molecule has 9 nitrogen and oxygen atoms in total. The van der Waals surface area contributed by atoms with E-state index in [0.29, 0.717) is 23.7 Å². The van der Waals surface area contributed by atoms with Gasteiger partial charge in [-0.05, 0) is 36.2 Å². The molecule has 2 aliphatic heterocycles. The number of ketones is 1. The molecule has 0 bridgehead atoms. The van der Waals surface area contributed by atoms with Gasteiger partial charge >= 0.3 is 0 Å². The molecule has 174 valence electrons. The first-order valence-electron chi connectivity index (χ1n) is 11.0. The molecule has 34 heavy (non-hydrogen) atoms. The van der Waals surface area contributed by atoms with Crippen LogP contribution in [0.5, 0.6) is 0 Å². The van der Waals surface area contributed by atoms with Gasteiger partial charge in [-0.25, -0.2) is 4.98 Å². The number of carbonyl (C=O) groups is 3. The Morgan fingerprint density at radius 2 is 2.09 bits per heavy atom. The first kappa shape index (κ1) is 22.2. The van der Waals surface area contributed by atoms with Crippen LogP contribution in [-0.2, 0) is 20.7 Å². The van der Waals surface area contributed by atoms with Crippen LogP contribution in [0.4, 0.5) is 5.69 Å². The summed E-state index contributed by atoms with van der Waals surface area (Å²) in [4.78, 5) is 49.0. The van der Waals surface area contributed by atoms with E-state index in [-0.39, 0.29) is 36.5 Å². The zero-order valence-electron chi connectivity index (χ0n) is 18.2. The number of likely N-dealkylation sites (tertiary alicyclic amines) is 1. The molecule has 3 unspecified atom stereocenters. The van der Waals surface area contributed by atoms with E-state index < -0.39 is 18.0 Å². The molecule has 0 radical (unpaired) electrons. The summed E-state index contributed by atoms with van der Waals surface area (Å²) >= 11 is 1.33. The highest BCUT2D eigenvalue weighted by Gasteiger charge is 2.48. The topological polar surface area (TPSA) is 128 Å². The first-order chi connectivity index (χ1) is 16.5. The SMILES string of the molecule is Nc1ccc(CC(NC(=O)c2csc(-c3cccnc3)n2)C(=O)N2CCC3OCC(=O)C32)cc1. The second-order valence-electron chi connectivity index (χ2n) is 8.33. The van der Waals surface area contributed by atoms with E-state index in [1.807, 2.05) is 18.2 Å². The van der Waals surface area contributed by atoms with E-state index >= 15 is 0 Å². The maximum atomic E-state index is 13.6. The van der Waals surface area contributed by atoms with Crippen LogP contribution in [0.2, 0.25) is 0 Å². The summed E-state index contributed by atoms with van der Waals surface area (Å²) in [5.41, 5.74) is 8.27. The highest BCUT2D eigenvalue weighted by molar-refractivity contribution is 7.13. The molecule has 2 aromatic heterocycles. The number of thiazole rings is 1. The molecule has 1 aromatic carbocycles. The number of nitrogens with two attached hydrogens (primary N) is 1. The summed E-state index contributed by atoms with van der Waals surface area (Å²) in [6.07, 6.45) is 3.93. The number of ether oxygens (including phenoxy) is 1. The van der Waals surface area contributed by atoms with Gasteiger partial charge in [0.2, 0.25) is 5.91 Å². The monoisotopic (exact) mass is 477 g/mol. The third-order valence-corrected chi connectivity index (χ3v) is 6.95. The van der Waals surface area contributed by atoms with Crippen LogP contribution in [0.15, 0.2) is 54.2 Å². The van der Waals surface area contributed by atoms with Gasteiger partial charge in [-0.1, -0.05) is 12.1 Å². The average molecular weight is 478 g/mol. The van der Waals surface area contributed by atoms with E-state index in [9.17, 15) is 14.4 Å². The average Bonchev–Trinajstić information content (AvgIpc) is 3.58. The molecule has 5 rings (SSSR count). The van der Waals surface area contributed by atoms with Gasteiger partial charge < -0.3 is 20.7 Å². The molecule has 3 N–H and O–H groups in total. The normalized spacial score (nSPS) is 20.2. The maximum absolute atomic E-state index is 13.6. The lowest BCUT2D eigenvalue weighted by Crippen LogP contribution is -2.53. The van der Waals surface area contributed by atoms with Gasteiger partial charge in [-0.15, -0.1) is 11.3 Å². The Morgan fingerprint density at radius 1 is 1.26 bits per heavy atom. The van der Waals surface area contributed by atoms with E-state index in [2.05, 4.69) is 15.3 Å². The van der Waals surface area contributed by atoms with Gasteiger partial charge in [0.15, 0.2) is 5.78 Å². The lowest BCUT2D eigenvalue weighted by atomic mass is 10.0. The van der Waals surface area contributed by atoms with E-state index in [1.54, 1.807) is 40.9 Å². The maximum Gasteiger partial charge on any atom is 0.271 e. The minimum Gasteiger partial charge on any atom is -0.399 e. The Hall–Kier alpha value is -3.63. The summed E-state index contributed by atoms with van der Waals surface area (Å²) in [5.74, 6) is -0.863. The fraction of sp³-hybridized carbons (Fsp3) is 0.292. The Morgan fingerprint density at radius 3 is 2.85 bits per heavy atom. The van der Waals surface area contributed by atoms with Gasteiger partial charge in [-0.3, -0.25) is 19.4 Å². The molecule has 0 saturated carbocycles. The van der Waals surface area contributed by atoms with Crippen LogP contribution in [-0.4, -0.2) is 63.8 Å². The highest BCUT2D eigenvalue weighted by atomic mass is 32.1. The van der Waals surface area contributed by atoms with Crippen LogP contribution in [0.1, 0.15) is 22.5 Å². The van der Waals surface area contributed by atoms with Crippen molar-refractivity contribution >= 4 is 34.6 Å². The lowest BCUT2D eigenvalue weighted by molar-refractivity contribution is -0.138. The zero-order chi connectivity index (χ0) is 23.7. The van der Waals surface area contributed by atoms with Crippen molar-refractivity contribution in [3.63, 3.8) is 0 Å². The van der Waals surface area contributed by atoms with Crippen molar-refractivity contribution < 1.29 is 19.1 Å². The second kappa shape index (κ2) is 9.32. The van der Waals surface area contributed by atoms with Crippen LogP contribution in [0, 0.1) is 0 Å². The van der Waals surface area contributed by atoms with Crippen LogP contribution in [0.3, 0.4) is 0 Å². The second-order valence-corrected chi connectivity index (χ2v) is 9.19. The summed E-state index contributed by atoms with van der Waals surface area (Å²) in [6, 6.07) is 9.35. The first-order valence-corrected chi connectivity index (χ1v) is 11.8. The molecule has 4 heterocycles. The molecule has 0 aliphatic carbocycles.